The van der Waals surface area contributed by atoms with Crippen molar-refractivity contribution in [1.82, 2.24) is 14.5 Å². The molecular weight excluding hydrogens is 254 g/mol. The fourth-order valence-corrected chi connectivity index (χ4v) is 2.40. The van der Waals surface area contributed by atoms with Gasteiger partial charge in [-0.3, -0.25) is 4.79 Å². The average Bonchev–Trinajstić information content (AvgIpc) is 2.83. The van der Waals surface area contributed by atoms with Gasteiger partial charge in [0.2, 0.25) is 5.91 Å². The Morgan fingerprint density at radius 1 is 1.78 bits per heavy atom. The van der Waals surface area contributed by atoms with Gasteiger partial charge in [-0.15, -0.1) is 0 Å². The molecule has 99 valence electrons. The first-order chi connectivity index (χ1) is 8.63. The molecule has 2 unspecified atom stereocenters. The summed E-state index contributed by atoms with van der Waals surface area (Å²) in [5.74, 6) is 0.768. The highest BCUT2D eigenvalue weighted by Gasteiger charge is 2.28. The summed E-state index contributed by atoms with van der Waals surface area (Å²) in [6.07, 6.45) is 4.41. The number of carbonyl (C=O) groups excluding carboxylic acids is 1. The number of aryl methyl sites for hydroxylation is 1. The second-order valence-electron chi connectivity index (χ2n) is 4.19. The van der Waals surface area contributed by atoms with Crippen LogP contribution < -0.4 is 0 Å². The number of morpholine rings is 1. The predicted octanol–water partition coefficient (Wildman–Crippen LogP) is 0.944. The predicted molar refractivity (Wildman–Crippen MR) is 67.1 cm³/mol. The highest BCUT2D eigenvalue weighted by molar-refractivity contribution is 7.94. The first-order valence-electron chi connectivity index (χ1n) is 5.75. The number of ether oxygens (including phenoxy) is 1. The van der Waals surface area contributed by atoms with Crippen molar-refractivity contribution in [3.05, 3.63) is 18.2 Å². The van der Waals surface area contributed by atoms with Crippen molar-refractivity contribution in [1.29, 1.82) is 0 Å². The van der Waals surface area contributed by atoms with Gasteiger partial charge < -0.3 is 18.8 Å². The largest absolute Gasteiger partial charge is 0.362 e. The monoisotopic (exact) mass is 270 g/mol. The lowest BCUT2D eigenvalue weighted by atomic mass is 10.2. The normalized spacial score (nSPS) is 21.9. The molecule has 1 aliphatic heterocycles. The molecule has 2 heterocycles. The zero-order valence-electron chi connectivity index (χ0n) is 10.4. The molecule has 0 saturated carbocycles. The van der Waals surface area contributed by atoms with Crippen molar-refractivity contribution in [2.75, 3.05) is 19.7 Å². The van der Waals surface area contributed by atoms with E-state index in [1.807, 2.05) is 13.8 Å². The Balaban J connectivity index is 2.05. The van der Waals surface area contributed by atoms with Gasteiger partial charge in [-0.1, -0.05) is 0 Å². The van der Waals surface area contributed by atoms with Crippen LogP contribution in [0.5, 0.6) is 0 Å². The van der Waals surface area contributed by atoms with Gasteiger partial charge in [-0.05, 0) is 13.8 Å². The first-order valence-corrected chi connectivity index (χ1v) is 6.59. The van der Waals surface area contributed by atoms with E-state index in [9.17, 15) is 4.79 Å². The minimum atomic E-state index is -0.356. The van der Waals surface area contributed by atoms with E-state index in [4.69, 9.17) is 9.29 Å². The molecule has 0 aliphatic carbocycles. The minimum absolute atomic E-state index is 0.00634. The van der Waals surface area contributed by atoms with E-state index in [0.717, 1.165) is 5.82 Å². The molecule has 1 radical (unpaired) electrons. The summed E-state index contributed by atoms with van der Waals surface area (Å²) in [5.41, 5.74) is -0.356. The summed E-state index contributed by atoms with van der Waals surface area (Å²) in [6.45, 7) is 5.08. The summed E-state index contributed by atoms with van der Waals surface area (Å²) in [4.78, 5) is 18.0. The van der Waals surface area contributed by atoms with E-state index in [1.165, 1.54) is 0 Å². The molecule has 6 nitrogen and oxygen atoms in total. The van der Waals surface area contributed by atoms with Crippen LogP contribution in [0.3, 0.4) is 0 Å². The SMILES string of the molecule is Cc1n[c]cn1C(C)C(=O)N1CCOC(SO)C1. The molecule has 18 heavy (non-hydrogen) atoms. The Kier molecular flexibility index (Phi) is 4.26. The molecule has 0 spiro atoms. The van der Waals surface area contributed by atoms with Crippen molar-refractivity contribution >= 4 is 17.9 Å². The second-order valence-corrected chi connectivity index (χ2v) is 4.93. The van der Waals surface area contributed by atoms with Crippen LogP contribution in [0, 0.1) is 13.1 Å². The van der Waals surface area contributed by atoms with Crippen LogP contribution in [-0.4, -0.2) is 50.0 Å². The molecule has 1 amide bonds. The van der Waals surface area contributed by atoms with E-state index < -0.39 is 0 Å². The van der Waals surface area contributed by atoms with Crippen LogP contribution in [0.1, 0.15) is 18.8 Å². The highest BCUT2D eigenvalue weighted by Crippen LogP contribution is 2.18. The van der Waals surface area contributed by atoms with Crippen LogP contribution in [0.25, 0.3) is 0 Å². The molecule has 1 aromatic heterocycles. The van der Waals surface area contributed by atoms with Gasteiger partial charge >= 0.3 is 0 Å². The van der Waals surface area contributed by atoms with E-state index in [0.29, 0.717) is 31.7 Å². The highest BCUT2D eigenvalue weighted by atomic mass is 32.2. The molecule has 2 atom stereocenters. The Morgan fingerprint density at radius 2 is 2.56 bits per heavy atom. The summed E-state index contributed by atoms with van der Waals surface area (Å²) in [6, 6.07) is -0.314. The zero-order chi connectivity index (χ0) is 13.1. The Bertz CT molecular complexity index is 423. The number of hydrogen-bond donors (Lipinski definition) is 1. The van der Waals surface area contributed by atoms with Crippen LogP contribution in [0.2, 0.25) is 0 Å². The zero-order valence-corrected chi connectivity index (χ0v) is 11.2. The molecule has 2 rings (SSSR count). The number of imidazole rings is 1. The van der Waals surface area contributed by atoms with Crippen LogP contribution >= 0.6 is 12.0 Å². The molecule has 1 saturated heterocycles. The minimum Gasteiger partial charge on any atom is -0.362 e. The van der Waals surface area contributed by atoms with Gasteiger partial charge in [0.1, 0.15) is 23.5 Å². The summed E-state index contributed by atoms with van der Waals surface area (Å²) < 4.78 is 16.1. The lowest BCUT2D eigenvalue weighted by Gasteiger charge is -2.33. The topological polar surface area (TPSA) is 67.6 Å². The Morgan fingerprint density at radius 3 is 3.17 bits per heavy atom. The lowest BCUT2D eigenvalue weighted by molar-refractivity contribution is -0.139. The fraction of sp³-hybridized carbons (Fsp3) is 0.636. The van der Waals surface area contributed by atoms with E-state index in [1.54, 1.807) is 15.7 Å². The molecule has 0 aromatic carbocycles. The maximum Gasteiger partial charge on any atom is 0.245 e. The number of aromatic nitrogens is 2. The van der Waals surface area contributed by atoms with Gasteiger partial charge in [0, 0.05) is 24.8 Å². The van der Waals surface area contributed by atoms with Crippen molar-refractivity contribution in [3.8, 4) is 0 Å². The van der Waals surface area contributed by atoms with Crippen LogP contribution in [0.4, 0.5) is 0 Å². The van der Waals surface area contributed by atoms with Gasteiger partial charge in [0.15, 0.2) is 0 Å². The van der Waals surface area contributed by atoms with Crippen molar-refractivity contribution < 1.29 is 14.1 Å². The van der Waals surface area contributed by atoms with Crippen LogP contribution in [0.15, 0.2) is 6.20 Å². The summed E-state index contributed by atoms with van der Waals surface area (Å²) in [7, 11) is 0. The lowest BCUT2D eigenvalue weighted by Crippen LogP contribution is -2.46. The molecule has 0 bridgehead atoms. The second kappa shape index (κ2) is 5.73. The molecule has 1 aromatic rings. The quantitative estimate of drug-likeness (QED) is 0.828. The van der Waals surface area contributed by atoms with Crippen molar-refractivity contribution in [2.45, 2.75) is 25.3 Å². The van der Waals surface area contributed by atoms with E-state index in [2.05, 4.69) is 11.2 Å². The van der Waals surface area contributed by atoms with Gasteiger partial charge in [0.05, 0.1) is 13.2 Å². The number of rotatable bonds is 3. The number of carbonyl (C=O) groups is 1. The van der Waals surface area contributed by atoms with Crippen molar-refractivity contribution in [3.63, 3.8) is 0 Å². The maximum atomic E-state index is 12.3. The number of hydrogen-bond acceptors (Lipinski definition) is 5. The third-order valence-electron chi connectivity index (χ3n) is 3.04. The molecular formula is C11H16N3O3S. The third kappa shape index (κ3) is 2.68. The Hall–Kier alpha value is -1.05. The summed E-state index contributed by atoms with van der Waals surface area (Å²) in [5, 5.41) is 0. The number of amides is 1. The Labute approximate surface area is 110 Å². The summed E-state index contributed by atoms with van der Waals surface area (Å²) >= 11 is 0.638. The number of nitrogens with zero attached hydrogens (tertiary/aromatic N) is 3. The molecule has 7 heteroatoms. The first kappa shape index (κ1) is 13.4. The van der Waals surface area contributed by atoms with Gasteiger partial charge in [0.25, 0.3) is 0 Å². The standard InChI is InChI=1S/C11H16N3O3S/c1-8(14-4-3-12-9(14)2)11(15)13-5-6-17-10(7-13)18-16/h4,8,10,16H,5-7H2,1-2H3. The van der Waals surface area contributed by atoms with Crippen LogP contribution in [-0.2, 0) is 9.53 Å². The average molecular weight is 270 g/mol. The van der Waals surface area contributed by atoms with E-state index in [-0.39, 0.29) is 17.4 Å². The van der Waals surface area contributed by atoms with Crippen molar-refractivity contribution in [2.24, 2.45) is 0 Å². The fourth-order valence-electron chi connectivity index (χ4n) is 1.99. The smallest absolute Gasteiger partial charge is 0.245 e. The molecule has 1 aliphatic rings. The van der Waals surface area contributed by atoms with Gasteiger partial charge in [-0.25, -0.2) is 4.98 Å². The van der Waals surface area contributed by atoms with Gasteiger partial charge in [-0.2, -0.15) is 0 Å². The van der Waals surface area contributed by atoms with E-state index >= 15 is 0 Å². The molecule has 1 N–H and O–H groups in total. The third-order valence-corrected chi connectivity index (χ3v) is 3.56. The maximum absolute atomic E-state index is 12.3. The molecule has 1 fully saturated rings.